The fraction of sp³-hybridized carbons (Fsp3) is 0.533. The lowest BCUT2D eigenvalue weighted by molar-refractivity contribution is -0.123. The van der Waals surface area contributed by atoms with Crippen molar-refractivity contribution in [1.82, 2.24) is 5.32 Å². The van der Waals surface area contributed by atoms with Crippen molar-refractivity contribution >= 4 is 5.91 Å². The molecule has 0 bridgehead atoms. The Morgan fingerprint density at radius 1 is 1.33 bits per heavy atom. The number of rotatable bonds is 7. The lowest BCUT2D eigenvalue weighted by atomic mass is 10.1. The summed E-state index contributed by atoms with van der Waals surface area (Å²) in [7, 11) is 1.68. The van der Waals surface area contributed by atoms with Crippen molar-refractivity contribution in [2.75, 3.05) is 13.7 Å². The van der Waals surface area contributed by atoms with Crippen LogP contribution in [0.25, 0.3) is 0 Å². The molecular formula is C15H23NO2. The van der Waals surface area contributed by atoms with Crippen LogP contribution in [-0.2, 0) is 11.2 Å². The molecule has 100 valence electrons. The molecule has 0 aromatic heterocycles. The lowest BCUT2D eigenvalue weighted by Crippen LogP contribution is -2.28. The summed E-state index contributed by atoms with van der Waals surface area (Å²) in [4.78, 5) is 11.3. The zero-order valence-electron chi connectivity index (χ0n) is 11.5. The van der Waals surface area contributed by atoms with Crippen molar-refractivity contribution in [2.24, 2.45) is 5.92 Å². The van der Waals surface area contributed by atoms with Crippen molar-refractivity contribution in [3.63, 3.8) is 0 Å². The Labute approximate surface area is 110 Å². The number of carbonyl (C=O) groups excluding carboxylic acids is 1. The van der Waals surface area contributed by atoms with Crippen LogP contribution in [0, 0.1) is 5.92 Å². The number of aryl methyl sites for hydroxylation is 1. The monoisotopic (exact) mass is 249 g/mol. The van der Waals surface area contributed by atoms with Crippen LogP contribution in [-0.4, -0.2) is 19.6 Å². The molecule has 18 heavy (non-hydrogen) atoms. The minimum absolute atomic E-state index is 0.0726. The Hall–Kier alpha value is -1.51. The van der Waals surface area contributed by atoms with E-state index in [9.17, 15) is 4.79 Å². The fourth-order valence-electron chi connectivity index (χ4n) is 1.70. The van der Waals surface area contributed by atoms with Crippen LogP contribution in [0.4, 0.5) is 0 Å². The van der Waals surface area contributed by atoms with Gasteiger partial charge in [0.15, 0.2) is 0 Å². The van der Waals surface area contributed by atoms with E-state index in [4.69, 9.17) is 4.74 Å². The molecule has 0 saturated carbocycles. The number of ether oxygens (including phenoxy) is 1. The Balaban J connectivity index is 2.19. The average Bonchev–Trinajstić information content (AvgIpc) is 2.38. The van der Waals surface area contributed by atoms with Crippen molar-refractivity contribution in [2.45, 2.75) is 33.1 Å². The molecular weight excluding hydrogens is 226 g/mol. The molecule has 0 spiro atoms. The Morgan fingerprint density at radius 3 is 2.78 bits per heavy atom. The van der Waals surface area contributed by atoms with E-state index in [0.29, 0.717) is 0 Å². The number of hydrogen-bond donors (Lipinski definition) is 1. The summed E-state index contributed by atoms with van der Waals surface area (Å²) in [6, 6.07) is 8.13. The minimum atomic E-state index is 0.0726. The van der Waals surface area contributed by atoms with Gasteiger partial charge < -0.3 is 10.1 Å². The van der Waals surface area contributed by atoms with Crippen LogP contribution in [0.1, 0.15) is 32.3 Å². The highest BCUT2D eigenvalue weighted by Crippen LogP contribution is 2.14. The SMILES string of the molecule is COc1cccc(CCCCNC(=O)C(C)C)c1. The van der Waals surface area contributed by atoms with Crippen molar-refractivity contribution < 1.29 is 9.53 Å². The van der Waals surface area contributed by atoms with E-state index < -0.39 is 0 Å². The molecule has 0 saturated heterocycles. The van der Waals surface area contributed by atoms with Crippen LogP contribution in [0.3, 0.4) is 0 Å². The van der Waals surface area contributed by atoms with Crippen LogP contribution in [0.5, 0.6) is 5.75 Å². The zero-order chi connectivity index (χ0) is 13.4. The highest BCUT2D eigenvalue weighted by atomic mass is 16.5. The van der Waals surface area contributed by atoms with Gasteiger partial charge in [-0.25, -0.2) is 0 Å². The van der Waals surface area contributed by atoms with Gasteiger partial charge in [0.05, 0.1) is 7.11 Å². The smallest absolute Gasteiger partial charge is 0.222 e. The number of benzene rings is 1. The van der Waals surface area contributed by atoms with Crippen LogP contribution >= 0.6 is 0 Å². The maximum atomic E-state index is 11.3. The summed E-state index contributed by atoms with van der Waals surface area (Å²) in [5, 5.41) is 2.93. The lowest BCUT2D eigenvalue weighted by Gasteiger charge is -2.07. The normalized spacial score (nSPS) is 10.4. The van der Waals surface area contributed by atoms with Gasteiger partial charge in [-0.05, 0) is 37.0 Å². The maximum Gasteiger partial charge on any atom is 0.222 e. The number of methoxy groups -OCH3 is 1. The summed E-state index contributed by atoms with van der Waals surface area (Å²) in [6.45, 7) is 4.58. The molecule has 0 heterocycles. The molecule has 3 heteroatoms. The minimum Gasteiger partial charge on any atom is -0.497 e. The van der Waals surface area contributed by atoms with Crippen molar-refractivity contribution in [3.05, 3.63) is 29.8 Å². The predicted molar refractivity (Wildman–Crippen MR) is 73.8 cm³/mol. The Morgan fingerprint density at radius 2 is 2.11 bits per heavy atom. The summed E-state index contributed by atoms with van der Waals surface area (Å²) < 4.78 is 5.18. The third kappa shape index (κ3) is 5.21. The van der Waals surface area contributed by atoms with Crippen LogP contribution in [0.2, 0.25) is 0 Å². The zero-order valence-corrected chi connectivity index (χ0v) is 11.5. The molecule has 0 radical (unpaired) electrons. The molecule has 0 atom stereocenters. The second-order valence-electron chi connectivity index (χ2n) is 4.75. The van der Waals surface area contributed by atoms with E-state index in [1.807, 2.05) is 26.0 Å². The second kappa shape index (κ2) is 7.75. The summed E-state index contributed by atoms with van der Waals surface area (Å²) >= 11 is 0. The highest BCUT2D eigenvalue weighted by molar-refractivity contribution is 5.77. The van der Waals surface area contributed by atoms with Gasteiger partial charge in [0.1, 0.15) is 5.75 Å². The quantitative estimate of drug-likeness (QED) is 0.755. The molecule has 0 aliphatic rings. The molecule has 1 amide bonds. The third-order valence-corrected chi connectivity index (χ3v) is 2.85. The van der Waals surface area contributed by atoms with Crippen LogP contribution in [0.15, 0.2) is 24.3 Å². The molecule has 0 aliphatic heterocycles. The second-order valence-corrected chi connectivity index (χ2v) is 4.75. The van der Waals surface area contributed by atoms with Gasteiger partial charge in [0.25, 0.3) is 0 Å². The third-order valence-electron chi connectivity index (χ3n) is 2.85. The van der Waals surface area contributed by atoms with Gasteiger partial charge in [0.2, 0.25) is 5.91 Å². The number of nitrogens with one attached hydrogen (secondary N) is 1. The van der Waals surface area contributed by atoms with E-state index in [-0.39, 0.29) is 11.8 Å². The van der Waals surface area contributed by atoms with E-state index >= 15 is 0 Å². The Bertz CT molecular complexity index is 375. The van der Waals surface area contributed by atoms with E-state index in [0.717, 1.165) is 31.6 Å². The molecule has 0 fully saturated rings. The number of unbranched alkanes of at least 4 members (excludes halogenated alkanes) is 1. The first kappa shape index (κ1) is 14.6. The fourth-order valence-corrected chi connectivity index (χ4v) is 1.70. The first-order valence-electron chi connectivity index (χ1n) is 6.54. The topological polar surface area (TPSA) is 38.3 Å². The Kier molecular flexibility index (Phi) is 6.26. The first-order valence-corrected chi connectivity index (χ1v) is 6.54. The molecule has 0 unspecified atom stereocenters. The molecule has 1 rings (SSSR count). The van der Waals surface area contributed by atoms with E-state index in [1.54, 1.807) is 7.11 Å². The number of amides is 1. The van der Waals surface area contributed by atoms with E-state index in [2.05, 4.69) is 17.4 Å². The first-order chi connectivity index (χ1) is 8.63. The molecule has 0 aliphatic carbocycles. The summed E-state index contributed by atoms with van der Waals surface area (Å²) in [6.07, 6.45) is 3.11. The van der Waals surface area contributed by atoms with Gasteiger partial charge in [-0.1, -0.05) is 26.0 Å². The van der Waals surface area contributed by atoms with Gasteiger partial charge in [-0.3, -0.25) is 4.79 Å². The van der Waals surface area contributed by atoms with Gasteiger partial charge in [-0.2, -0.15) is 0 Å². The summed E-state index contributed by atoms with van der Waals surface area (Å²) in [5.74, 6) is 1.11. The van der Waals surface area contributed by atoms with Gasteiger partial charge >= 0.3 is 0 Å². The number of carbonyl (C=O) groups is 1. The standard InChI is InChI=1S/C15H23NO2/c1-12(2)15(17)16-10-5-4-7-13-8-6-9-14(11-13)18-3/h6,8-9,11-12H,4-5,7,10H2,1-3H3,(H,16,17). The van der Waals surface area contributed by atoms with Gasteiger partial charge in [0, 0.05) is 12.5 Å². The average molecular weight is 249 g/mol. The largest absolute Gasteiger partial charge is 0.497 e. The molecule has 3 nitrogen and oxygen atoms in total. The summed E-state index contributed by atoms with van der Waals surface area (Å²) in [5.41, 5.74) is 1.28. The molecule has 1 aromatic carbocycles. The number of hydrogen-bond acceptors (Lipinski definition) is 2. The van der Waals surface area contributed by atoms with Crippen molar-refractivity contribution in [1.29, 1.82) is 0 Å². The van der Waals surface area contributed by atoms with Gasteiger partial charge in [-0.15, -0.1) is 0 Å². The molecule has 1 N–H and O–H groups in total. The maximum absolute atomic E-state index is 11.3. The predicted octanol–water partition coefficient (Wildman–Crippen LogP) is 2.79. The van der Waals surface area contributed by atoms with Crippen molar-refractivity contribution in [3.8, 4) is 5.75 Å². The van der Waals surface area contributed by atoms with E-state index in [1.165, 1.54) is 5.56 Å². The van der Waals surface area contributed by atoms with Crippen LogP contribution < -0.4 is 10.1 Å². The molecule has 1 aromatic rings. The highest BCUT2D eigenvalue weighted by Gasteiger charge is 2.04.